The zero-order valence-electron chi connectivity index (χ0n) is 17.7. The first kappa shape index (κ1) is 22.4. The summed E-state index contributed by atoms with van der Waals surface area (Å²) in [6.45, 7) is 1.29. The first-order chi connectivity index (χ1) is 15.6. The average molecular weight is 466 g/mol. The van der Waals surface area contributed by atoms with Gasteiger partial charge in [0.05, 0.1) is 5.25 Å². The van der Waals surface area contributed by atoms with Crippen LogP contribution < -0.4 is 4.90 Å². The lowest BCUT2D eigenvalue weighted by Gasteiger charge is -2.23. The third-order valence-electron chi connectivity index (χ3n) is 5.76. The third-order valence-corrected chi connectivity index (χ3v) is 7.39. The van der Waals surface area contributed by atoms with Crippen LogP contribution in [0.1, 0.15) is 31.2 Å². The van der Waals surface area contributed by atoms with Crippen molar-refractivity contribution in [1.82, 2.24) is 4.90 Å². The van der Waals surface area contributed by atoms with Crippen molar-refractivity contribution in [2.45, 2.75) is 37.4 Å². The number of anilines is 1. The third kappa shape index (κ3) is 4.69. The smallest absolute Gasteiger partial charge is 0.267 e. The van der Waals surface area contributed by atoms with Crippen LogP contribution in [0.5, 0.6) is 0 Å². The van der Waals surface area contributed by atoms with Crippen LogP contribution in [0, 0.1) is 11.3 Å². The van der Waals surface area contributed by atoms with E-state index < -0.39 is 5.25 Å². The molecule has 2 aliphatic rings. The number of hydrogen-bond acceptors (Lipinski definition) is 4. The standard InChI is InChI=1S/C25H24ClN3O2S/c26-21-13-7-6-10-18(21)16-22-24(31)29(19-11-4-3-5-12-19)25(32-22)20(17-27)23(30)28-14-8-1-2-9-15-28/h3-7,10-13,22H,1-2,8-9,14-16H2/b25-20-/t22-/m0/s1. The Labute approximate surface area is 197 Å². The number of halogens is 1. The van der Waals surface area contributed by atoms with Gasteiger partial charge in [-0.1, -0.05) is 72.6 Å². The van der Waals surface area contributed by atoms with Gasteiger partial charge in [-0.2, -0.15) is 5.26 Å². The maximum absolute atomic E-state index is 13.5. The van der Waals surface area contributed by atoms with Crippen molar-refractivity contribution in [3.05, 3.63) is 75.8 Å². The molecule has 5 nitrogen and oxygen atoms in total. The molecule has 0 radical (unpaired) electrons. The maximum atomic E-state index is 13.5. The molecule has 2 aliphatic heterocycles. The Morgan fingerprint density at radius 2 is 1.69 bits per heavy atom. The first-order valence-electron chi connectivity index (χ1n) is 10.8. The van der Waals surface area contributed by atoms with Crippen LogP contribution in [0.2, 0.25) is 5.02 Å². The van der Waals surface area contributed by atoms with Gasteiger partial charge in [0.2, 0.25) is 5.91 Å². The number of carbonyl (C=O) groups excluding carboxylic acids is 2. The molecule has 2 aromatic carbocycles. The lowest BCUT2D eigenvalue weighted by Crippen LogP contribution is -2.35. The number of rotatable bonds is 4. The summed E-state index contributed by atoms with van der Waals surface area (Å²) >= 11 is 7.62. The zero-order chi connectivity index (χ0) is 22.5. The summed E-state index contributed by atoms with van der Waals surface area (Å²) in [5.74, 6) is -0.434. The van der Waals surface area contributed by atoms with Crippen LogP contribution >= 0.6 is 23.4 Å². The molecule has 4 rings (SSSR count). The van der Waals surface area contributed by atoms with Gasteiger partial charge in [0.1, 0.15) is 16.7 Å². The van der Waals surface area contributed by atoms with Gasteiger partial charge in [0, 0.05) is 23.8 Å². The largest absolute Gasteiger partial charge is 0.338 e. The van der Waals surface area contributed by atoms with E-state index in [1.165, 1.54) is 16.7 Å². The molecule has 1 atom stereocenters. The molecular weight excluding hydrogens is 442 g/mol. The van der Waals surface area contributed by atoms with Crippen LogP contribution in [0.15, 0.2) is 65.2 Å². The lowest BCUT2D eigenvalue weighted by atomic mass is 10.1. The van der Waals surface area contributed by atoms with Crippen LogP contribution in [-0.2, 0) is 16.0 Å². The van der Waals surface area contributed by atoms with Gasteiger partial charge in [-0.05, 0) is 43.0 Å². The molecule has 0 aromatic heterocycles. The number of amides is 2. The predicted octanol–water partition coefficient (Wildman–Crippen LogP) is 5.17. The summed E-state index contributed by atoms with van der Waals surface area (Å²) < 4.78 is 0. The number of likely N-dealkylation sites (tertiary alicyclic amines) is 1. The topological polar surface area (TPSA) is 64.4 Å². The molecule has 2 aromatic rings. The van der Waals surface area contributed by atoms with Crippen molar-refractivity contribution in [2.75, 3.05) is 18.0 Å². The molecule has 0 aliphatic carbocycles. The minimum Gasteiger partial charge on any atom is -0.338 e. The Morgan fingerprint density at radius 1 is 1.03 bits per heavy atom. The fourth-order valence-corrected chi connectivity index (χ4v) is 5.59. The van der Waals surface area contributed by atoms with E-state index in [4.69, 9.17) is 11.6 Å². The second-order valence-corrected chi connectivity index (χ2v) is 9.51. The molecule has 7 heteroatoms. The normalized spacial score (nSPS) is 20.6. The highest BCUT2D eigenvalue weighted by Crippen LogP contribution is 2.42. The number of nitrogens with zero attached hydrogens (tertiary/aromatic N) is 3. The van der Waals surface area contributed by atoms with E-state index >= 15 is 0 Å². The second kappa shape index (κ2) is 10.2. The number of para-hydroxylation sites is 1. The van der Waals surface area contributed by atoms with Crippen molar-refractivity contribution in [1.29, 1.82) is 5.26 Å². The van der Waals surface area contributed by atoms with Gasteiger partial charge >= 0.3 is 0 Å². The van der Waals surface area contributed by atoms with E-state index in [0.29, 0.717) is 35.2 Å². The molecule has 0 N–H and O–H groups in total. The summed E-state index contributed by atoms with van der Waals surface area (Å²) in [5, 5.41) is 10.5. The van der Waals surface area contributed by atoms with Crippen molar-refractivity contribution in [3.63, 3.8) is 0 Å². The molecule has 0 saturated carbocycles. The van der Waals surface area contributed by atoms with Gasteiger partial charge in [-0.3, -0.25) is 14.5 Å². The molecule has 0 unspecified atom stereocenters. The van der Waals surface area contributed by atoms with Crippen molar-refractivity contribution < 1.29 is 9.59 Å². The van der Waals surface area contributed by atoms with E-state index in [2.05, 4.69) is 6.07 Å². The SMILES string of the molecule is N#C/C(C(=O)N1CCCCCC1)=C1/S[C@@H](Cc2ccccc2Cl)C(=O)N1c1ccccc1. The van der Waals surface area contributed by atoms with E-state index in [0.717, 1.165) is 31.2 Å². The molecule has 2 amide bonds. The number of nitriles is 1. The monoisotopic (exact) mass is 465 g/mol. The molecule has 164 valence electrons. The van der Waals surface area contributed by atoms with Gasteiger partial charge in [0.15, 0.2) is 0 Å². The van der Waals surface area contributed by atoms with E-state index in [1.54, 1.807) is 11.0 Å². The van der Waals surface area contributed by atoms with Gasteiger partial charge < -0.3 is 4.90 Å². The fourth-order valence-electron chi connectivity index (χ4n) is 4.09. The first-order valence-corrected chi connectivity index (χ1v) is 12.1. The van der Waals surface area contributed by atoms with Crippen LogP contribution in [-0.4, -0.2) is 35.1 Å². The molecule has 2 fully saturated rings. The Balaban J connectivity index is 1.72. The number of thioether (sulfide) groups is 1. The van der Waals surface area contributed by atoms with Crippen molar-refractivity contribution in [2.24, 2.45) is 0 Å². The lowest BCUT2D eigenvalue weighted by molar-refractivity contribution is -0.126. The highest BCUT2D eigenvalue weighted by atomic mass is 35.5. The van der Waals surface area contributed by atoms with Crippen molar-refractivity contribution in [3.8, 4) is 6.07 Å². The molecule has 0 spiro atoms. The highest BCUT2D eigenvalue weighted by molar-refractivity contribution is 8.05. The summed E-state index contributed by atoms with van der Waals surface area (Å²) in [5.41, 5.74) is 1.56. The highest BCUT2D eigenvalue weighted by Gasteiger charge is 2.41. The van der Waals surface area contributed by atoms with Gasteiger partial charge in [-0.25, -0.2) is 0 Å². The maximum Gasteiger partial charge on any atom is 0.267 e. The molecule has 2 saturated heterocycles. The quantitative estimate of drug-likeness (QED) is 0.461. The fraction of sp³-hybridized carbons (Fsp3) is 0.320. The molecule has 2 heterocycles. The molecule has 0 bridgehead atoms. The van der Waals surface area contributed by atoms with E-state index in [9.17, 15) is 14.9 Å². The van der Waals surface area contributed by atoms with Crippen LogP contribution in [0.4, 0.5) is 5.69 Å². The number of hydrogen-bond donors (Lipinski definition) is 0. The Morgan fingerprint density at radius 3 is 2.34 bits per heavy atom. The Bertz CT molecular complexity index is 1070. The minimum atomic E-state index is -0.467. The van der Waals surface area contributed by atoms with Crippen LogP contribution in [0.25, 0.3) is 0 Å². The van der Waals surface area contributed by atoms with Crippen LogP contribution in [0.3, 0.4) is 0 Å². The Kier molecular flexibility index (Phi) is 7.19. The van der Waals surface area contributed by atoms with Gasteiger partial charge in [0.25, 0.3) is 5.91 Å². The summed E-state index contributed by atoms with van der Waals surface area (Å²) in [6.07, 6.45) is 4.47. The molecule has 32 heavy (non-hydrogen) atoms. The van der Waals surface area contributed by atoms with E-state index in [-0.39, 0.29) is 17.4 Å². The van der Waals surface area contributed by atoms with E-state index in [1.807, 2.05) is 48.5 Å². The average Bonchev–Trinajstić information content (AvgIpc) is 2.98. The number of carbonyl (C=O) groups is 2. The summed E-state index contributed by atoms with van der Waals surface area (Å²) in [6, 6.07) is 18.8. The van der Waals surface area contributed by atoms with Crippen molar-refractivity contribution >= 4 is 40.9 Å². The second-order valence-electron chi connectivity index (χ2n) is 7.91. The Hall–Kier alpha value is -2.75. The number of benzene rings is 2. The van der Waals surface area contributed by atoms with Gasteiger partial charge in [-0.15, -0.1) is 0 Å². The predicted molar refractivity (Wildman–Crippen MR) is 128 cm³/mol. The summed E-state index contributed by atoms with van der Waals surface area (Å²) in [7, 11) is 0. The molecular formula is C25H24ClN3O2S. The minimum absolute atomic E-state index is 0.0377. The summed E-state index contributed by atoms with van der Waals surface area (Å²) in [4.78, 5) is 30.1. The zero-order valence-corrected chi connectivity index (χ0v) is 19.2.